The van der Waals surface area contributed by atoms with Gasteiger partial charge in [0.25, 0.3) is 0 Å². The van der Waals surface area contributed by atoms with E-state index in [1.165, 1.54) is 0 Å². The predicted octanol–water partition coefficient (Wildman–Crippen LogP) is 3.54. The van der Waals surface area contributed by atoms with Gasteiger partial charge in [0.2, 0.25) is 0 Å². The molecule has 0 amide bonds. The Morgan fingerprint density at radius 2 is 2.08 bits per heavy atom. The van der Waals surface area contributed by atoms with Gasteiger partial charge in [-0.2, -0.15) is 0 Å². The first kappa shape index (κ1) is 17.9. The van der Waals surface area contributed by atoms with Crippen LogP contribution in [0.2, 0.25) is 0 Å². The zero-order chi connectivity index (χ0) is 18.5. The Balaban J connectivity index is 1.70. The van der Waals surface area contributed by atoms with Gasteiger partial charge in [0.1, 0.15) is 6.61 Å². The molecule has 26 heavy (non-hydrogen) atoms. The van der Waals surface area contributed by atoms with Crippen LogP contribution in [-0.2, 0) is 6.54 Å². The summed E-state index contributed by atoms with van der Waals surface area (Å²) in [5.74, 6) is 2.31. The maximum absolute atomic E-state index is 5.79. The van der Waals surface area contributed by atoms with Gasteiger partial charge in [-0.25, -0.2) is 0 Å². The van der Waals surface area contributed by atoms with Gasteiger partial charge in [0.15, 0.2) is 23.0 Å². The van der Waals surface area contributed by atoms with Gasteiger partial charge in [-0.3, -0.25) is 4.40 Å². The molecule has 136 valence electrons. The molecule has 6 nitrogen and oxygen atoms in total. The molecular formula is C20H24N4O2. The lowest BCUT2D eigenvalue weighted by Crippen LogP contribution is -2.20. The van der Waals surface area contributed by atoms with Gasteiger partial charge in [0.05, 0.1) is 13.2 Å². The molecule has 2 heterocycles. The number of rotatable bonds is 8. The third-order valence-electron chi connectivity index (χ3n) is 4.04. The smallest absolute Gasteiger partial charge is 0.161 e. The summed E-state index contributed by atoms with van der Waals surface area (Å²) in [6.45, 7) is 9.02. The Bertz CT molecular complexity index is 904. The molecule has 6 heteroatoms. The Kier molecular flexibility index (Phi) is 5.53. The summed E-state index contributed by atoms with van der Waals surface area (Å²) in [6.07, 6.45) is 1.97. The molecule has 3 aromatic rings. The standard InChI is InChI=1S/C20H24N4O2/c1-14(2)13-26-18-11-16(8-9-17(18)25-4)12-21-15(3)20-23-22-19-7-5-6-10-24(19)20/h5-11,15,21H,1,12-13H2,2-4H3. The Hall–Kier alpha value is -2.86. The Morgan fingerprint density at radius 1 is 1.23 bits per heavy atom. The van der Waals surface area contributed by atoms with Gasteiger partial charge in [0, 0.05) is 12.7 Å². The molecule has 0 aliphatic heterocycles. The summed E-state index contributed by atoms with van der Waals surface area (Å²) < 4.78 is 13.1. The number of nitrogens with zero attached hydrogens (tertiary/aromatic N) is 3. The average Bonchev–Trinajstić information content (AvgIpc) is 3.08. The van der Waals surface area contributed by atoms with E-state index in [4.69, 9.17) is 9.47 Å². The number of benzene rings is 1. The SMILES string of the molecule is C=C(C)COc1cc(CNC(C)c2nnc3ccccn23)ccc1OC. The topological polar surface area (TPSA) is 60.7 Å². The Labute approximate surface area is 153 Å². The van der Waals surface area contributed by atoms with Crippen LogP contribution in [-0.4, -0.2) is 28.3 Å². The van der Waals surface area contributed by atoms with Crippen LogP contribution in [0, 0.1) is 0 Å². The highest BCUT2D eigenvalue weighted by atomic mass is 16.5. The lowest BCUT2D eigenvalue weighted by Gasteiger charge is -2.15. The molecule has 0 saturated heterocycles. The molecule has 0 aliphatic rings. The lowest BCUT2D eigenvalue weighted by atomic mass is 10.2. The summed E-state index contributed by atoms with van der Waals surface area (Å²) in [5, 5.41) is 12.0. The summed E-state index contributed by atoms with van der Waals surface area (Å²) in [7, 11) is 1.64. The molecule has 1 N–H and O–H groups in total. The third-order valence-corrected chi connectivity index (χ3v) is 4.04. The molecule has 3 rings (SSSR count). The van der Waals surface area contributed by atoms with Crippen molar-refractivity contribution in [2.45, 2.75) is 26.4 Å². The van der Waals surface area contributed by atoms with Crippen molar-refractivity contribution in [1.82, 2.24) is 19.9 Å². The number of fused-ring (bicyclic) bond motifs is 1. The fourth-order valence-electron chi connectivity index (χ4n) is 2.66. The van der Waals surface area contributed by atoms with Crippen molar-refractivity contribution in [3.8, 4) is 11.5 Å². The zero-order valence-electron chi connectivity index (χ0n) is 15.4. The number of hydrogen-bond acceptors (Lipinski definition) is 5. The van der Waals surface area contributed by atoms with E-state index in [9.17, 15) is 0 Å². The summed E-state index contributed by atoms with van der Waals surface area (Å²) in [5.41, 5.74) is 2.90. The number of methoxy groups -OCH3 is 1. The minimum absolute atomic E-state index is 0.0503. The molecule has 0 spiro atoms. The average molecular weight is 352 g/mol. The van der Waals surface area contributed by atoms with Crippen molar-refractivity contribution in [3.63, 3.8) is 0 Å². The highest BCUT2D eigenvalue weighted by molar-refractivity contribution is 5.43. The summed E-state index contributed by atoms with van der Waals surface area (Å²) in [6, 6.07) is 11.9. The molecule has 1 aromatic carbocycles. The first-order valence-electron chi connectivity index (χ1n) is 8.55. The van der Waals surface area contributed by atoms with Crippen LogP contribution in [0.15, 0.2) is 54.7 Å². The van der Waals surface area contributed by atoms with Crippen LogP contribution < -0.4 is 14.8 Å². The highest BCUT2D eigenvalue weighted by Gasteiger charge is 2.13. The van der Waals surface area contributed by atoms with E-state index < -0.39 is 0 Å². The zero-order valence-corrected chi connectivity index (χ0v) is 15.4. The van der Waals surface area contributed by atoms with Gasteiger partial charge >= 0.3 is 0 Å². The molecule has 1 unspecified atom stereocenters. The van der Waals surface area contributed by atoms with E-state index in [1.54, 1.807) is 7.11 Å². The second-order valence-corrected chi connectivity index (χ2v) is 6.32. The molecule has 0 fully saturated rings. The van der Waals surface area contributed by atoms with Gasteiger partial charge in [-0.1, -0.05) is 18.7 Å². The minimum atomic E-state index is 0.0503. The predicted molar refractivity (Wildman–Crippen MR) is 102 cm³/mol. The second-order valence-electron chi connectivity index (χ2n) is 6.32. The van der Waals surface area contributed by atoms with Crippen molar-refractivity contribution in [1.29, 1.82) is 0 Å². The number of pyridine rings is 1. The fraction of sp³-hybridized carbons (Fsp3) is 0.300. The van der Waals surface area contributed by atoms with Gasteiger partial charge < -0.3 is 14.8 Å². The van der Waals surface area contributed by atoms with Crippen molar-refractivity contribution in [2.75, 3.05) is 13.7 Å². The minimum Gasteiger partial charge on any atom is -0.493 e. The molecule has 0 aliphatic carbocycles. The van der Waals surface area contributed by atoms with Crippen LogP contribution in [0.5, 0.6) is 11.5 Å². The quantitative estimate of drug-likeness (QED) is 0.628. The first-order valence-corrected chi connectivity index (χ1v) is 8.55. The second kappa shape index (κ2) is 8.01. The molecular weight excluding hydrogens is 328 g/mol. The van der Waals surface area contributed by atoms with Crippen LogP contribution in [0.25, 0.3) is 5.65 Å². The number of hydrogen-bond donors (Lipinski definition) is 1. The van der Waals surface area contributed by atoms with Gasteiger partial charge in [-0.05, 0) is 49.2 Å². The maximum Gasteiger partial charge on any atom is 0.161 e. The van der Waals surface area contributed by atoms with Crippen LogP contribution in [0.3, 0.4) is 0 Å². The van der Waals surface area contributed by atoms with Crippen molar-refractivity contribution in [3.05, 3.63) is 66.1 Å². The molecule has 2 aromatic heterocycles. The van der Waals surface area contributed by atoms with E-state index in [2.05, 4.69) is 29.0 Å². The number of ether oxygens (including phenoxy) is 2. The summed E-state index contributed by atoms with van der Waals surface area (Å²) >= 11 is 0. The molecule has 1 atom stereocenters. The van der Waals surface area contributed by atoms with Crippen LogP contribution in [0.1, 0.15) is 31.3 Å². The van der Waals surface area contributed by atoms with E-state index in [1.807, 2.05) is 53.9 Å². The van der Waals surface area contributed by atoms with Gasteiger partial charge in [-0.15, -0.1) is 10.2 Å². The van der Waals surface area contributed by atoms with Crippen molar-refractivity contribution >= 4 is 5.65 Å². The third kappa shape index (κ3) is 4.03. The van der Waals surface area contributed by atoms with Crippen LogP contribution in [0.4, 0.5) is 0 Å². The van der Waals surface area contributed by atoms with Crippen molar-refractivity contribution < 1.29 is 9.47 Å². The molecule has 0 saturated carbocycles. The monoisotopic (exact) mass is 352 g/mol. The van der Waals surface area contributed by atoms with Crippen LogP contribution >= 0.6 is 0 Å². The van der Waals surface area contributed by atoms with E-state index in [-0.39, 0.29) is 6.04 Å². The highest BCUT2D eigenvalue weighted by Crippen LogP contribution is 2.28. The van der Waals surface area contributed by atoms with E-state index in [0.29, 0.717) is 18.9 Å². The molecule has 0 bridgehead atoms. The largest absolute Gasteiger partial charge is 0.493 e. The van der Waals surface area contributed by atoms with E-state index in [0.717, 1.165) is 28.4 Å². The maximum atomic E-state index is 5.79. The lowest BCUT2D eigenvalue weighted by molar-refractivity contribution is 0.319. The number of nitrogens with one attached hydrogen (secondary N) is 1. The fourth-order valence-corrected chi connectivity index (χ4v) is 2.66. The first-order chi connectivity index (χ1) is 12.6. The Morgan fingerprint density at radius 3 is 2.85 bits per heavy atom. The van der Waals surface area contributed by atoms with E-state index >= 15 is 0 Å². The van der Waals surface area contributed by atoms with Crippen molar-refractivity contribution in [2.24, 2.45) is 0 Å². The number of aromatic nitrogens is 3. The molecule has 0 radical (unpaired) electrons. The normalized spacial score (nSPS) is 12.1. The summed E-state index contributed by atoms with van der Waals surface area (Å²) in [4.78, 5) is 0.